The van der Waals surface area contributed by atoms with Crippen molar-refractivity contribution in [2.24, 2.45) is 11.7 Å². The molecule has 5 nitrogen and oxygen atoms in total. The first kappa shape index (κ1) is 11.3. The van der Waals surface area contributed by atoms with Crippen LogP contribution in [-0.2, 0) is 4.79 Å². The highest BCUT2D eigenvalue weighted by molar-refractivity contribution is 9.10. The van der Waals surface area contributed by atoms with Gasteiger partial charge in [0, 0.05) is 16.6 Å². The molecule has 0 spiro atoms. The molecule has 1 aliphatic heterocycles. The Bertz CT molecular complexity index is 425. The average Bonchev–Trinajstić information content (AvgIpc) is 2.28. The molecule has 2 rings (SSSR count). The summed E-state index contributed by atoms with van der Waals surface area (Å²) in [7, 11) is 0. The maximum absolute atomic E-state index is 11.7. The predicted molar refractivity (Wildman–Crippen MR) is 63.2 cm³/mol. The van der Waals surface area contributed by atoms with Crippen molar-refractivity contribution in [3.63, 3.8) is 0 Å². The Hall–Kier alpha value is -1.14. The molecule has 2 atom stereocenters. The van der Waals surface area contributed by atoms with E-state index in [1.807, 2.05) is 6.92 Å². The second-order valence-electron chi connectivity index (χ2n) is 3.74. The van der Waals surface area contributed by atoms with Crippen molar-refractivity contribution in [1.29, 1.82) is 0 Å². The third-order valence-corrected chi connectivity index (χ3v) is 2.90. The number of anilines is 1. The highest BCUT2D eigenvalue weighted by Crippen LogP contribution is 2.31. The molecule has 86 valence electrons. The van der Waals surface area contributed by atoms with Gasteiger partial charge in [-0.3, -0.25) is 4.79 Å². The van der Waals surface area contributed by atoms with Crippen LogP contribution in [0, 0.1) is 5.92 Å². The summed E-state index contributed by atoms with van der Waals surface area (Å²) in [4.78, 5) is 15.8. The molecule has 0 aliphatic carbocycles. The van der Waals surface area contributed by atoms with Gasteiger partial charge in [0.15, 0.2) is 17.7 Å². The number of halogens is 1. The number of nitrogens with one attached hydrogen (secondary N) is 1. The smallest absolute Gasteiger partial charge is 0.267 e. The molecule has 1 aromatic heterocycles. The van der Waals surface area contributed by atoms with Crippen LogP contribution in [0.15, 0.2) is 16.7 Å². The zero-order valence-electron chi connectivity index (χ0n) is 8.74. The van der Waals surface area contributed by atoms with Crippen molar-refractivity contribution in [3.05, 3.63) is 16.7 Å². The minimum Gasteiger partial charge on any atom is -0.476 e. The van der Waals surface area contributed by atoms with Crippen molar-refractivity contribution in [3.8, 4) is 5.75 Å². The molecule has 0 saturated heterocycles. The van der Waals surface area contributed by atoms with Crippen molar-refractivity contribution in [1.82, 2.24) is 4.98 Å². The summed E-state index contributed by atoms with van der Waals surface area (Å²) < 4.78 is 6.40. The van der Waals surface area contributed by atoms with Crippen LogP contribution in [0.5, 0.6) is 5.75 Å². The number of carbonyl (C=O) groups excluding carboxylic acids is 1. The summed E-state index contributed by atoms with van der Waals surface area (Å²) in [6.07, 6.45) is 1.06. The summed E-state index contributed by atoms with van der Waals surface area (Å²) in [5.41, 5.74) is 5.53. The van der Waals surface area contributed by atoms with Crippen molar-refractivity contribution >= 4 is 27.7 Å². The Kier molecular flexibility index (Phi) is 3.11. The van der Waals surface area contributed by atoms with Gasteiger partial charge in [-0.2, -0.15) is 0 Å². The first-order valence-electron chi connectivity index (χ1n) is 4.95. The summed E-state index contributed by atoms with van der Waals surface area (Å²) in [5, 5.41) is 2.70. The molecule has 0 fully saturated rings. The Morgan fingerprint density at radius 2 is 2.50 bits per heavy atom. The van der Waals surface area contributed by atoms with Crippen molar-refractivity contribution in [2.75, 3.05) is 11.9 Å². The minimum atomic E-state index is -0.548. The number of nitrogens with zero attached hydrogens (tertiary/aromatic N) is 1. The van der Waals surface area contributed by atoms with E-state index in [9.17, 15) is 4.79 Å². The number of hydrogen-bond acceptors (Lipinski definition) is 4. The summed E-state index contributed by atoms with van der Waals surface area (Å²) in [5.74, 6) is 0.792. The topological polar surface area (TPSA) is 77.2 Å². The van der Waals surface area contributed by atoms with E-state index in [-0.39, 0.29) is 11.8 Å². The number of hydrogen-bond donors (Lipinski definition) is 2. The monoisotopic (exact) mass is 285 g/mol. The maximum atomic E-state index is 11.7. The van der Waals surface area contributed by atoms with Crippen LogP contribution in [0.1, 0.15) is 6.92 Å². The van der Waals surface area contributed by atoms with Gasteiger partial charge in [0.1, 0.15) is 0 Å². The lowest BCUT2D eigenvalue weighted by Crippen LogP contribution is -2.44. The molecule has 1 aliphatic rings. The SMILES string of the molecule is CC(CN)C1Oc2cc(Br)cnc2NC1=O. The fraction of sp³-hybridized carbons (Fsp3) is 0.400. The average molecular weight is 286 g/mol. The number of amides is 1. The quantitative estimate of drug-likeness (QED) is 0.854. The molecule has 1 amide bonds. The van der Waals surface area contributed by atoms with Gasteiger partial charge in [-0.05, 0) is 28.5 Å². The molecule has 0 saturated carbocycles. The second kappa shape index (κ2) is 4.39. The van der Waals surface area contributed by atoms with E-state index in [1.165, 1.54) is 0 Å². The minimum absolute atomic E-state index is 0.0351. The number of pyridine rings is 1. The van der Waals surface area contributed by atoms with Crippen LogP contribution in [0.25, 0.3) is 0 Å². The molecular weight excluding hydrogens is 274 g/mol. The van der Waals surface area contributed by atoms with Gasteiger partial charge in [0.05, 0.1) is 0 Å². The van der Waals surface area contributed by atoms with E-state index < -0.39 is 6.10 Å². The standard InChI is InChI=1S/C10H12BrN3O2/c1-5(3-12)8-10(15)14-9-7(16-8)2-6(11)4-13-9/h2,4-5,8H,3,12H2,1H3,(H,13,14,15). The molecule has 3 N–H and O–H groups in total. The van der Waals surface area contributed by atoms with Crippen molar-refractivity contribution < 1.29 is 9.53 Å². The van der Waals surface area contributed by atoms with Gasteiger partial charge in [-0.1, -0.05) is 6.92 Å². The number of carbonyl (C=O) groups is 1. The molecular formula is C10H12BrN3O2. The molecule has 0 aromatic carbocycles. The molecule has 2 unspecified atom stereocenters. The lowest BCUT2D eigenvalue weighted by Gasteiger charge is -2.28. The van der Waals surface area contributed by atoms with Gasteiger partial charge in [-0.15, -0.1) is 0 Å². The van der Waals surface area contributed by atoms with Crippen LogP contribution < -0.4 is 15.8 Å². The Morgan fingerprint density at radius 3 is 3.19 bits per heavy atom. The first-order valence-corrected chi connectivity index (χ1v) is 5.74. The van der Waals surface area contributed by atoms with Crippen LogP contribution in [-0.4, -0.2) is 23.5 Å². The molecule has 16 heavy (non-hydrogen) atoms. The number of ether oxygens (including phenoxy) is 1. The Balaban J connectivity index is 2.29. The molecule has 0 bridgehead atoms. The lowest BCUT2D eigenvalue weighted by atomic mass is 10.0. The zero-order valence-corrected chi connectivity index (χ0v) is 10.3. The lowest BCUT2D eigenvalue weighted by molar-refractivity contribution is -0.125. The van der Waals surface area contributed by atoms with Crippen molar-refractivity contribution in [2.45, 2.75) is 13.0 Å². The van der Waals surface area contributed by atoms with Gasteiger partial charge >= 0.3 is 0 Å². The van der Waals surface area contributed by atoms with E-state index in [2.05, 4.69) is 26.2 Å². The third kappa shape index (κ3) is 2.03. The van der Waals surface area contributed by atoms with Gasteiger partial charge in [0.25, 0.3) is 5.91 Å². The van der Waals surface area contributed by atoms with E-state index >= 15 is 0 Å². The third-order valence-electron chi connectivity index (χ3n) is 2.46. The van der Waals surface area contributed by atoms with Gasteiger partial charge in [-0.25, -0.2) is 4.98 Å². The van der Waals surface area contributed by atoms with E-state index in [0.717, 1.165) is 4.47 Å². The zero-order chi connectivity index (χ0) is 11.7. The molecule has 6 heteroatoms. The fourth-order valence-electron chi connectivity index (χ4n) is 1.48. The van der Waals surface area contributed by atoms with Crippen LogP contribution in [0.3, 0.4) is 0 Å². The molecule has 0 radical (unpaired) electrons. The van der Waals surface area contributed by atoms with Gasteiger partial charge < -0.3 is 15.8 Å². The highest BCUT2D eigenvalue weighted by atomic mass is 79.9. The van der Waals surface area contributed by atoms with Gasteiger partial charge in [0.2, 0.25) is 0 Å². The number of aromatic nitrogens is 1. The predicted octanol–water partition coefficient (Wildman–Crippen LogP) is 1.14. The fourth-order valence-corrected chi connectivity index (χ4v) is 1.79. The normalized spacial score (nSPS) is 20.7. The molecule has 2 heterocycles. The van der Waals surface area contributed by atoms with Crippen LogP contribution in [0.4, 0.5) is 5.82 Å². The summed E-state index contributed by atoms with van der Waals surface area (Å²) in [6.45, 7) is 2.27. The number of fused-ring (bicyclic) bond motifs is 1. The summed E-state index contributed by atoms with van der Waals surface area (Å²) in [6, 6.07) is 1.78. The number of nitrogens with two attached hydrogens (primary N) is 1. The Morgan fingerprint density at radius 1 is 1.75 bits per heavy atom. The number of rotatable bonds is 2. The highest BCUT2D eigenvalue weighted by Gasteiger charge is 2.32. The van der Waals surface area contributed by atoms with E-state index in [1.54, 1.807) is 12.3 Å². The van der Waals surface area contributed by atoms with E-state index in [4.69, 9.17) is 10.5 Å². The molecule has 1 aromatic rings. The summed E-state index contributed by atoms with van der Waals surface area (Å²) >= 11 is 3.30. The van der Waals surface area contributed by atoms with E-state index in [0.29, 0.717) is 18.1 Å². The second-order valence-corrected chi connectivity index (χ2v) is 4.66. The van der Waals surface area contributed by atoms with Crippen LogP contribution >= 0.6 is 15.9 Å². The largest absolute Gasteiger partial charge is 0.476 e. The van der Waals surface area contributed by atoms with Crippen LogP contribution in [0.2, 0.25) is 0 Å². The first-order chi connectivity index (χ1) is 7.61. The Labute approximate surface area is 102 Å². The maximum Gasteiger partial charge on any atom is 0.267 e.